The van der Waals surface area contributed by atoms with Crippen LogP contribution in [-0.2, 0) is 6.54 Å². The lowest BCUT2D eigenvalue weighted by molar-refractivity contribution is 0.171. The van der Waals surface area contributed by atoms with Crippen LogP contribution in [0.25, 0.3) is 0 Å². The molecule has 4 nitrogen and oxygen atoms in total. The molecule has 1 fully saturated rings. The highest BCUT2D eigenvalue weighted by Gasteiger charge is 2.34. The van der Waals surface area contributed by atoms with Crippen LogP contribution in [-0.4, -0.2) is 27.8 Å². The van der Waals surface area contributed by atoms with Gasteiger partial charge in [0.05, 0.1) is 11.8 Å². The van der Waals surface area contributed by atoms with Crippen molar-refractivity contribution in [1.29, 1.82) is 0 Å². The van der Waals surface area contributed by atoms with Crippen LogP contribution in [0.2, 0.25) is 0 Å². The zero-order chi connectivity index (χ0) is 14.1. The quantitative estimate of drug-likeness (QED) is 0.937. The summed E-state index contributed by atoms with van der Waals surface area (Å²) in [5.41, 5.74) is 0.964. The van der Waals surface area contributed by atoms with Crippen molar-refractivity contribution in [2.45, 2.75) is 25.1 Å². The van der Waals surface area contributed by atoms with Crippen molar-refractivity contribution < 1.29 is 18.4 Å². The van der Waals surface area contributed by atoms with E-state index in [1.807, 2.05) is 4.90 Å². The van der Waals surface area contributed by atoms with Crippen molar-refractivity contribution in [1.82, 2.24) is 10.1 Å². The molecule has 20 heavy (non-hydrogen) atoms. The minimum absolute atomic E-state index is 0.269. The molecule has 2 unspecified atom stereocenters. The number of hydrogen-bond acceptors (Lipinski definition) is 4. The number of benzene rings is 1. The van der Waals surface area contributed by atoms with Crippen molar-refractivity contribution in [3.8, 4) is 0 Å². The molecule has 0 aliphatic carbocycles. The molecule has 1 aliphatic rings. The van der Waals surface area contributed by atoms with E-state index in [1.165, 1.54) is 12.3 Å². The minimum atomic E-state index is -0.561. The molecule has 1 saturated heterocycles. The maximum atomic E-state index is 13.9. The van der Waals surface area contributed by atoms with E-state index in [0.717, 1.165) is 12.1 Å². The largest absolute Gasteiger partial charge is 0.392 e. The van der Waals surface area contributed by atoms with E-state index < -0.39 is 17.7 Å². The second-order valence-electron chi connectivity index (χ2n) is 4.99. The molecule has 1 aliphatic heterocycles. The third kappa shape index (κ3) is 2.57. The lowest BCUT2D eigenvalue weighted by atomic mass is 10.0. The molecule has 106 valence electrons. The molecule has 1 aromatic heterocycles. The van der Waals surface area contributed by atoms with Crippen LogP contribution in [0.3, 0.4) is 0 Å². The highest BCUT2D eigenvalue weighted by molar-refractivity contribution is 5.24. The van der Waals surface area contributed by atoms with E-state index in [1.54, 1.807) is 6.07 Å². The fourth-order valence-corrected chi connectivity index (χ4v) is 2.67. The molecule has 2 heterocycles. The number of nitrogens with zero attached hydrogens (tertiary/aromatic N) is 2. The summed E-state index contributed by atoms with van der Waals surface area (Å²) in [4.78, 5) is 1.88. The van der Waals surface area contributed by atoms with Crippen LogP contribution in [0.4, 0.5) is 8.78 Å². The van der Waals surface area contributed by atoms with Gasteiger partial charge in [-0.15, -0.1) is 0 Å². The van der Waals surface area contributed by atoms with E-state index in [9.17, 15) is 13.9 Å². The first-order chi connectivity index (χ1) is 9.63. The highest BCUT2D eigenvalue weighted by Crippen LogP contribution is 2.34. The SMILES string of the molecule is OC1CC(c2cc(F)ccc2F)N(Cc2ccon2)C1. The third-order valence-electron chi connectivity index (χ3n) is 3.55. The third-order valence-corrected chi connectivity index (χ3v) is 3.55. The van der Waals surface area contributed by atoms with Gasteiger partial charge in [-0.05, 0) is 24.6 Å². The molecule has 1 aromatic carbocycles. The summed E-state index contributed by atoms with van der Waals surface area (Å²) in [6, 6.07) is 4.74. The second kappa shape index (κ2) is 5.30. The van der Waals surface area contributed by atoms with E-state index in [2.05, 4.69) is 5.16 Å². The summed E-state index contributed by atoms with van der Waals surface area (Å²) in [5.74, 6) is -0.945. The first-order valence-corrected chi connectivity index (χ1v) is 6.40. The summed E-state index contributed by atoms with van der Waals surface area (Å²) in [5, 5.41) is 13.6. The molecule has 0 spiro atoms. The molecular weight excluding hydrogens is 266 g/mol. The van der Waals surface area contributed by atoms with Gasteiger partial charge in [0.25, 0.3) is 0 Å². The fraction of sp³-hybridized carbons (Fsp3) is 0.357. The van der Waals surface area contributed by atoms with Crippen LogP contribution >= 0.6 is 0 Å². The molecule has 6 heteroatoms. The van der Waals surface area contributed by atoms with E-state index in [4.69, 9.17) is 4.52 Å². The van der Waals surface area contributed by atoms with Crippen molar-refractivity contribution >= 4 is 0 Å². The van der Waals surface area contributed by atoms with E-state index in [0.29, 0.717) is 25.2 Å². The van der Waals surface area contributed by atoms with Crippen molar-refractivity contribution in [3.05, 3.63) is 53.4 Å². The standard InChI is InChI=1S/C14H14F2N2O2/c15-9-1-2-13(16)12(5-9)14-6-11(19)8-18(14)7-10-3-4-20-17-10/h1-5,11,14,19H,6-8H2. The number of β-amino-alcohol motifs (C(OH)–C–C–N with tert-alkyl or cyclic N) is 1. The fourth-order valence-electron chi connectivity index (χ4n) is 2.67. The topological polar surface area (TPSA) is 49.5 Å². The molecule has 0 bridgehead atoms. The van der Waals surface area contributed by atoms with Crippen molar-refractivity contribution in [2.24, 2.45) is 0 Å². The smallest absolute Gasteiger partial charge is 0.128 e. The maximum Gasteiger partial charge on any atom is 0.128 e. The maximum absolute atomic E-state index is 13.9. The molecule has 0 radical (unpaired) electrons. The first kappa shape index (κ1) is 13.2. The Hall–Kier alpha value is -1.79. The molecule has 2 atom stereocenters. The van der Waals surface area contributed by atoms with Gasteiger partial charge in [0.15, 0.2) is 0 Å². The average molecular weight is 280 g/mol. The Morgan fingerprint density at radius 1 is 1.35 bits per heavy atom. The second-order valence-corrected chi connectivity index (χ2v) is 4.99. The van der Waals surface area contributed by atoms with Gasteiger partial charge in [-0.25, -0.2) is 8.78 Å². The molecule has 0 amide bonds. The first-order valence-electron chi connectivity index (χ1n) is 6.40. The number of rotatable bonds is 3. The van der Waals surface area contributed by atoms with Gasteiger partial charge < -0.3 is 9.63 Å². The Balaban J connectivity index is 1.87. The summed E-state index contributed by atoms with van der Waals surface area (Å²) in [6.07, 6.45) is 1.27. The average Bonchev–Trinajstić information content (AvgIpc) is 3.03. The Morgan fingerprint density at radius 3 is 2.95 bits per heavy atom. The molecule has 2 aromatic rings. The predicted molar refractivity (Wildman–Crippen MR) is 66.6 cm³/mol. The molecule has 1 N–H and O–H groups in total. The zero-order valence-electron chi connectivity index (χ0n) is 10.7. The van der Waals surface area contributed by atoms with Gasteiger partial charge in [0, 0.05) is 30.8 Å². The van der Waals surface area contributed by atoms with Gasteiger partial charge in [0.1, 0.15) is 17.9 Å². The minimum Gasteiger partial charge on any atom is -0.392 e. The summed E-state index contributed by atoms with van der Waals surface area (Å²) >= 11 is 0. The Kier molecular flexibility index (Phi) is 3.50. The number of aliphatic hydroxyl groups is 1. The van der Waals surface area contributed by atoms with Crippen molar-refractivity contribution in [2.75, 3.05) is 6.54 Å². The molecular formula is C14H14F2N2O2. The zero-order valence-corrected chi connectivity index (χ0v) is 10.7. The van der Waals surface area contributed by atoms with Gasteiger partial charge in [-0.2, -0.15) is 0 Å². The van der Waals surface area contributed by atoms with Crippen LogP contribution < -0.4 is 0 Å². The monoisotopic (exact) mass is 280 g/mol. The summed E-state index contributed by atoms with van der Waals surface area (Å²) in [7, 11) is 0. The van der Waals surface area contributed by atoms with Gasteiger partial charge >= 0.3 is 0 Å². The van der Waals surface area contributed by atoms with Gasteiger partial charge in [-0.1, -0.05) is 5.16 Å². The van der Waals surface area contributed by atoms with E-state index in [-0.39, 0.29) is 11.6 Å². The molecule has 0 saturated carbocycles. The lowest BCUT2D eigenvalue weighted by Crippen LogP contribution is -2.25. The van der Waals surface area contributed by atoms with Crippen molar-refractivity contribution in [3.63, 3.8) is 0 Å². The normalized spacial score (nSPS) is 23.4. The van der Waals surface area contributed by atoms with E-state index >= 15 is 0 Å². The predicted octanol–water partition coefficient (Wildman–Crippen LogP) is 2.26. The number of aromatic nitrogens is 1. The van der Waals surface area contributed by atoms with Crippen LogP contribution in [0, 0.1) is 11.6 Å². The van der Waals surface area contributed by atoms with Gasteiger partial charge in [0.2, 0.25) is 0 Å². The Morgan fingerprint density at radius 2 is 2.20 bits per heavy atom. The molecule has 3 rings (SSSR count). The Bertz CT molecular complexity index is 589. The summed E-state index contributed by atoms with van der Waals surface area (Å²) < 4.78 is 32.0. The number of likely N-dealkylation sites (tertiary alicyclic amines) is 1. The number of halogens is 2. The number of hydrogen-bond donors (Lipinski definition) is 1. The lowest BCUT2D eigenvalue weighted by Gasteiger charge is -2.23. The number of aliphatic hydroxyl groups excluding tert-OH is 1. The van der Waals surface area contributed by atoms with Crippen LogP contribution in [0.1, 0.15) is 23.7 Å². The Labute approximate surface area is 114 Å². The van der Waals surface area contributed by atoms with Gasteiger partial charge in [-0.3, -0.25) is 4.90 Å². The van der Waals surface area contributed by atoms with Crippen LogP contribution in [0.15, 0.2) is 35.1 Å². The summed E-state index contributed by atoms with van der Waals surface area (Å²) in [6.45, 7) is 0.821. The van der Waals surface area contributed by atoms with Crippen LogP contribution in [0.5, 0.6) is 0 Å². The highest BCUT2D eigenvalue weighted by atomic mass is 19.1.